The van der Waals surface area contributed by atoms with Gasteiger partial charge in [0, 0.05) is 10.6 Å². The van der Waals surface area contributed by atoms with E-state index >= 15 is 0 Å². The predicted octanol–water partition coefficient (Wildman–Crippen LogP) is 5.33. The molecule has 31 heavy (non-hydrogen) atoms. The van der Waals surface area contributed by atoms with Gasteiger partial charge < -0.3 is 9.47 Å². The molecule has 7 heteroatoms. The van der Waals surface area contributed by atoms with E-state index in [1.165, 1.54) is 24.1 Å². The largest absolute Gasteiger partial charge is 0.493 e. The van der Waals surface area contributed by atoms with Gasteiger partial charge in [0.2, 0.25) is 0 Å². The van der Waals surface area contributed by atoms with Gasteiger partial charge in [0.25, 0.3) is 5.91 Å². The Labute approximate surface area is 184 Å². The molecule has 0 unspecified atom stereocenters. The highest BCUT2D eigenvalue weighted by Gasteiger charge is 2.32. The van der Waals surface area contributed by atoms with Crippen molar-refractivity contribution in [1.82, 2.24) is 0 Å². The van der Waals surface area contributed by atoms with Crippen LogP contribution < -0.4 is 14.4 Å². The molecule has 5 nitrogen and oxygen atoms in total. The second-order valence-corrected chi connectivity index (χ2v) is 7.14. The van der Waals surface area contributed by atoms with Crippen molar-refractivity contribution >= 4 is 35.1 Å². The Morgan fingerprint density at radius 3 is 2.39 bits per heavy atom. The van der Waals surface area contributed by atoms with Gasteiger partial charge in [0.05, 0.1) is 19.9 Å². The van der Waals surface area contributed by atoms with E-state index < -0.39 is 5.82 Å². The van der Waals surface area contributed by atoms with Gasteiger partial charge in [-0.15, -0.1) is 0 Å². The monoisotopic (exact) mass is 436 g/mol. The van der Waals surface area contributed by atoms with Gasteiger partial charge in [0.15, 0.2) is 11.5 Å². The highest BCUT2D eigenvalue weighted by molar-refractivity contribution is 6.34. The van der Waals surface area contributed by atoms with E-state index in [1.807, 2.05) is 0 Å². The number of amides is 1. The van der Waals surface area contributed by atoms with Crippen LogP contribution in [0.2, 0.25) is 5.02 Å². The van der Waals surface area contributed by atoms with Crippen LogP contribution in [0.3, 0.4) is 0 Å². The van der Waals surface area contributed by atoms with Crippen molar-refractivity contribution in [3.8, 4) is 11.5 Å². The molecule has 1 aliphatic heterocycles. The Morgan fingerprint density at radius 2 is 1.71 bits per heavy atom. The molecule has 0 saturated carbocycles. The summed E-state index contributed by atoms with van der Waals surface area (Å²) in [6.45, 7) is 0. The highest BCUT2D eigenvalue weighted by Crippen LogP contribution is 2.31. The maximum absolute atomic E-state index is 13.9. The van der Waals surface area contributed by atoms with Crippen molar-refractivity contribution in [2.24, 2.45) is 4.99 Å². The number of benzene rings is 3. The summed E-state index contributed by atoms with van der Waals surface area (Å²) in [5.74, 6) is 0.683. The molecule has 0 aromatic heterocycles. The first-order valence-corrected chi connectivity index (χ1v) is 9.76. The van der Waals surface area contributed by atoms with Crippen molar-refractivity contribution in [1.29, 1.82) is 0 Å². The van der Waals surface area contributed by atoms with Crippen LogP contribution >= 0.6 is 11.6 Å². The number of methoxy groups -OCH3 is 2. The lowest BCUT2D eigenvalue weighted by molar-refractivity contribution is -0.113. The van der Waals surface area contributed by atoms with Crippen LogP contribution in [0.1, 0.15) is 11.1 Å². The quantitative estimate of drug-likeness (QED) is 0.508. The normalized spacial score (nSPS) is 14.7. The SMILES string of the molecule is COc1ccc(C=C2N=C(c3ccc(Cl)cc3)N(c3cccc(F)c3)C2=O)cc1OC. The molecule has 0 atom stereocenters. The molecule has 0 radical (unpaired) electrons. The first-order chi connectivity index (χ1) is 15.0. The van der Waals surface area contributed by atoms with Crippen LogP contribution in [0.15, 0.2) is 77.4 Å². The van der Waals surface area contributed by atoms with Gasteiger partial charge in [-0.05, 0) is 66.2 Å². The van der Waals surface area contributed by atoms with Crippen LogP contribution in [0.25, 0.3) is 6.08 Å². The predicted molar refractivity (Wildman–Crippen MR) is 119 cm³/mol. The molecule has 1 heterocycles. The smallest absolute Gasteiger partial charge is 0.282 e. The zero-order valence-corrected chi connectivity index (χ0v) is 17.6. The van der Waals surface area contributed by atoms with Gasteiger partial charge in [-0.3, -0.25) is 9.69 Å². The minimum atomic E-state index is -0.446. The van der Waals surface area contributed by atoms with Crippen molar-refractivity contribution in [2.45, 2.75) is 0 Å². The molecule has 1 amide bonds. The number of hydrogen-bond acceptors (Lipinski definition) is 4. The molecule has 3 aromatic rings. The third-order valence-corrected chi connectivity index (χ3v) is 4.99. The summed E-state index contributed by atoms with van der Waals surface area (Å²) in [5.41, 5.74) is 1.98. The van der Waals surface area contributed by atoms with E-state index in [-0.39, 0.29) is 11.6 Å². The fourth-order valence-electron chi connectivity index (χ4n) is 3.26. The Bertz CT molecular complexity index is 1210. The maximum Gasteiger partial charge on any atom is 0.282 e. The van der Waals surface area contributed by atoms with Crippen molar-refractivity contribution in [3.05, 3.63) is 94.4 Å². The fourth-order valence-corrected chi connectivity index (χ4v) is 3.39. The van der Waals surface area contributed by atoms with E-state index in [9.17, 15) is 9.18 Å². The molecule has 0 bridgehead atoms. The molecule has 1 aliphatic rings. The number of hydrogen-bond donors (Lipinski definition) is 0. The van der Waals surface area contributed by atoms with Crippen molar-refractivity contribution < 1.29 is 18.7 Å². The van der Waals surface area contributed by atoms with Crippen LogP contribution in [-0.2, 0) is 4.79 Å². The molecular formula is C24H18ClFN2O3. The van der Waals surface area contributed by atoms with Crippen molar-refractivity contribution in [3.63, 3.8) is 0 Å². The van der Waals surface area contributed by atoms with Crippen LogP contribution in [0.4, 0.5) is 10.1 Å². The number of amidine groups is 1. The second kappa shape index (κ2) is 8.62. The lowest BCUT2D eigenvalue weighted by Gasteiger charge is -2.18. The molecule has 0 spiro atoms. The molecule has 0 saturated heterocycles. The van der Waals surface area contributed by atoms with Crippen LogP contribution in [0.5, 0.6) is 11.5 Å². The summed E-state index contributed by atoms with van der Waals surface area (Å²) in [6.07, 6.45) is 1.65. The number of nitrogens with zero attached hydrogens (tertiary/aromatic N) is 2. The number of halogens is 2. The lowest BCUT2D eigenvalue weighted by atomic mass is 10.1. The Morgan fingerprint density at radius 1 is 0.968 bits per heavy atom. The summed E-state index contributed by atoms with van der Waals surface area (Å²) in [7, 11) is 3.09. The van der Waals surface area contributed by atoms with Crippen LogP contribution in [-0.4, -0.2) is 26.0 Å². The number of ether oxygens (including phenoxy) is 2. The van der Waals surface area contributed by atoms with E-state index in [0.717, 1.165) is 0 Å². The number of aliphatic imine (C=N–C) groups is 1. The summed E-state index contributed by atoms with van der Waals surface area (Å²) < 4.78 is 24.5. The minimum Gasteiger partial charge on any atom is -0.493 e. The molecule has 0 aliphatic carbocycles. The second-order valence-electron chi connectivity index (χ2n) is 6.71. The Kier molecular flexibility index (Phi) is 5.73. The number of rotatable bonds is 5. The van der Waals surface area contributed by atoms with Gasteiger partial charge >= 0.3 is 0 Å². The Hall–Kier alpha value is -3.64. The average molecular weight is 437 g/mol. The minimum absolute atomic E-state index is 0.210. The lowest BCUT2D eigenvalue weighted by Crippen LogP contribution is -2.32. The molecule has 156 valence electrons. The van der Waals surface area contributed by atoms with Gasteiger partial charge in [-0.1, -0.05) is 23.7 Å². The average Bonchev–Trinajstić information content (AvgIpc) is 3.10. The van der Waals surface area contributed by atoms with Crippen LogP contribution in [0, 0.1) is 5.82 Å². The molecular weight excluding hydrogens is 419 g/mol. The fraction of sp³-hybridized carbons (Fsp3) is 0.0833. The Balaban J connectivity index is 1.81. The topological polar surface area (TPSA) is 51.1 Å². The first kappa shape index (κ1) is 20.6. The maximum atomic E-state index is 13.9. The summed E-state index contributed by atoms with van der Waals surface area (Å²) in [5, 5.41) is 0.562. The molecule has 0 N–H and O–H groups in total. The third kappa shape index (κ3) is 4.15. The summed E-state index contributed by atoms with van der Waals surface area (Å²) in [4.78, 5) is 19.2. The van der Waals surface area contributed by atoms with Gasteiger partial charge in [-0.25, -0.2) is 9.38 Å². The van der Waals surface area contributed by atoms with E-state index in [2.05, 4.69) is 4.99 Å². The van der Waals surface area contributed by atoms with Gasteiger partial charge in [-0.2, -0.15) is 0 Å². The van der Waals surface area contributed by atoms with E-state index in [0.29, 0.717) is 39.2 Å². The summed E-state index contributed by atoms with van der Waals surface area (Å²) in [6, 6.07) is 18.1. The number of carbonyl (C=O) groups excluding carboxylic acids is 1. The zero-order chi connectivity index (χ0) is 22.0. The third-order valence-electron chi connectivity index (χ3n) is 4.74. The number of anilines is 1. The zero-order valence-electron chi connectivity index (χ0n) is 16.8. The molecule has 0 fully saturated rings. The molecule has 3 aromatic carbocycles. The van der Waals surface area contributed by atoms with Gasteiger partial charge in [0.1, 0.15) is 17.3 Å². The number of carbonyl (C=O) groups is 1. The van der Waals surface area contributed by atoms with Crippen molar-refractivity contribution in [2.75, 3.05) is 19.1 Å². The standard InChI is InChI=1S/C24H18ClFN2O3/c1-30-21-11-6-15(13-22(21)31-2)12-20-24(29)28(19-5-3-4-18(26)14-19)23(27-20)16-7-9-17(25)10-8-16/h3-14H,1-2H3. The first-order valence-electron chi connectivity index (χ1n) is 9.38. The van der Waals surface area contributed by atoms with E-state index in [1.54, 1.807) is 67.8 Å². The molecule has 4 rings (SSSR count). The van der Waals surface area contributed by atoms with E-state index in [4.69, 9.17) is 21.1 Å². The highest BCUT2D eigenvalue weighted by atomic mass is 35.5. The summed E-state index contributed by atoms with van der Waals surface area (Å²) >= 11 is 6.01.